The lowest BCUT2D eigenvalue weighted by Gasteiger charge is -2.15. The number of pyridine rings is 1. The molecule has 1 unspecified atom stereocenters. The summed E-state index contributed by atoms with van der Waals surface area (Å²) in [6.45, 7) is 6.23. The number of imidazole rings is 1. The van der Waals surface area contributed by atoms with Crippen molar-refractivity contribution < 1.29 is 9.53 Å². The van der Waals surface area contributed by atoms with Crippen molar-refractivity contribution in [2.24, 2.45) is 5.92 Å². The number of nitrogens with one attached hydrogen (secondary N) is 2. The first-order valence-electron chi connectivity index (χ1n) is 9.24. The molecule has 3 aromatic rings. The van der Waals surface area contributed by atoms with Crippen LogP contribution in [0.2, 0.25) is 0 Å². The topological polar surface area (TPSA) is 83.1 Å². The highest BCUT2D eigenvalue weighted by Gasteiger charge is 2.17. The first-order chi connectivity index (χ1) is 13.2. The Morgan fingerprint density at radius 1 is 1.30 bits per heavy atom. The number of amides is 1. The fourth-order valence-electron chi connectivity index (χ4n) is 3.30. The third-order valence-corrected chi connectivity index (χ3v) is 4.81. The SMILES string of the molecule is CC1CCN(CCOc2ccc(NC(=O)c3ccc4[nH]cnc4n3)cc2)C1. The molecular weight excluding hydrogens is 342 g/mol. The lowest BCUT2D eigenvalue weighted by atomic mass is 10.2. The standard InChI is InChI=1S/C20H23N5O2/c1-14-8-9-25(12-14)10-11-27-16-4-2-15(3-5-16)23-20(26)18-7-6-17-19(24-18)22-13-21-17/h2-7,13-14H,8-12H2,1H3,(H,23,26)(H,21,22,24). The van der Waals surface area contributed by atoms with Gasteiger partial charge in [-0.3, -0.25) is 9.69 Å². The fourth-order valence-corrected chi connectivity index (χ4v) is 3.30. The highest BCUT2D eigenvalue weighted by atomic mass is 16.5. The maximum absolute atomic E-state index is 12.4. The molecule has 0 bridgehead atoms. The van der Waals surface area contributed by atoms with Crippen LogP contribution in [-0.4, -0.2) is 52.0 Å². The third-order valence-electron chi connectivity index (χ3n) is 4.81. The summed E-state index contributed by atoms with van der Waals surface area (Å²) in [5, 5.41) is 2.84. The smallest absolute Gasteiger partial charge is 0.274 e. The summed E-state index contributed by atoms with van der Waals surface area (Å²) in [4.78, 5) is 26.1. The van der Waals surface area contributed by atoms with Gasteiger partial charge in [0.2, 0.25) is 0 Å². The van der Waals surface area contributed by atoms with Gasteiger partial charge in [0.25, 0.3) is 5.91 Å². The van der Waals surface area contributed by atoms with E-state index >= 15 is 0 Å². The number of anilines is 1. The normalized spacial score (nSPS) is 17.3. The van der Waals surface area contributed by atoms with E-state index in [0.29, 0.717) is 23.6 Å². The number of rotatable bonds is 6. The number of fused-ring (bicyclic) bond motifs is 1. The van der Waals surface area contributed by atoms with Crippen LogP contribution in [0, 0.1) is 5.92 Å². The van der Waals surface area contributed by atoms with Crippen LogP contribution in [0.3, 0.4) is 0 Å². The Morgan fingerprint density at radius 3 is 2.93 bits per heavy atom. The molecule has 2 N–H and O–H groups in total. The highest BCUT2D eigenvalue weighted by Crippen LogP contribution is 2.18. The number of H-pyrrole nitrogens is 1. The van der Waals surface area contributed by atoms with Crippen molar-refractivity contribution >= 4 is 22.8 Å². The van der Waals surface area contributed by atoms with Crippen molar-refractivity contribution in [3.05, 3.63) is 48.4 Å². The summed E-state index contributed by atoms with van der Waals surface area (Å²) in [5.74, 6) is 1.32. The van der Waals surface area contributed by atoms with E-state index in [2.05, 4.69) is 32.1 Å². The van der Waals surface area contributed by atoms with Gasteiger partial charge in [-0.2, -0.15) is 0 Å². The number of hydrogen-bond donors (Lipinski definition) is 2. The van der Waals surface area contributed by atoms with Crippen LogP contribution in [0.5, 0.6) is 5.75 Å². The van der Waals surface area contributed by atoms with E-state index < -0.39 is 0 Å². The summed E-state index contributed by atoms with van der Waals surface area (Å²) in [6, 6.07) is 10.9. The Balaban J connectivity index is 1.30. The van der Waals surface area contributed by atoms with Crippen LogP contribution in [0.1, 0.15) is 23.8 Å². The highest BCUT2D eigenvalue weighted by molar-refractivity contribution is 6.03. The van der Waals surface area contributed by atoms with Crippen LogP contribution in [0.15, 0.2) is 42.7 Å². The van der Waals surface area contributed by atoms with E-state index in [1.54, 1.807) is 18.5 Å². The Labute approximate surface area is 157 Å². The maximum Gasteiger partial charge on any atom is 0.274 e. The number of hydrogen-bond acceptors (Lipinski definition) is 5. The molecule has 3 heterocycles. The van der Waals surface area contributed by atoms with Crippen molar-refractivity contribution in [3.8, 4) is 5.75 Å². The fraction of sp³-hybridized carbons (Fsp3) is 0.350. The van der Waals surface area contributed by atoms with Crippen LogP contribution < -0.4 is 10.1 Å². The molecule has 2 aromatic heterocycles. The number of carbonyl (C=O) groups is 1. The van der Waals surface area contributed by atoms with Gasteiger partial charge in [0.15, 0.2) is 5.65 Å². The minimum absolute atomic E-state index is 0.267. The minimum Gasteiger partial charge on any atom is -0.492 e. The van der Waals surface area contributed by atoms with Crippen LogP contribution >= 0.6 is 0 Å². The number of aromatic amines is 1. The number of likely N-dealkylation sites (tertiary alicyclic amines) is 1. The number of aromatic nitrogens is 3. The van der Waals surface area contributed by atoms with E-state index in [4.69, 9.17) is 4.74 Å². The predicted molar refractivity (Wildman–Crippen MR) is 104 cm³/mol. The molecule has 1 fully saturated rings. The number of carbonyl (C=O) groups excluding carboxylic acids is 1. The molecule has 1 aromatic carbocycles. The van der Waals surface area contributed by atoms with Crippen molar-refractivity contribution in [2.75, 3.05) is 31.6 Å². The summed E-state index contributed by atoms with van der Waals surface area (Å²) in [7, 11) is 0. The molecule has 7 nitrogen and oxygen atoms in total. The molecule has 27 heavy (non-hydrogen) atoms. The molecule has 140 valence electrons. The molecule has 0 spiro atoms. The lowest BCUT2D eigenvalue weighted by Crippen LogP contribution is -2.25. The van der Waals surface area contributed by atoms with Gasteiger partial charge in [-0.15, -0.1) is 0 Å². The molecule has 0 saturated carbocycles. The molecule has 1 aliphatic rings. The van der Waals surface area contributed by atoms with E-state index in [1.165, 1.54) is 6.42 Å². The quantitative estimate of drug-likeness (QED) is 0.702. The van der Waals surface area contributed by atoms with Crippen molar-refractivity contribution in [1.82, 2.24) is 19.9 Å². The van der Waals surface area contributed by atoms with Gasteiger partial charge in [-0.1, -0.05) is 6.92 Å². The average molecular weight is 365 g/mol. The summed E-state index contributed by atoms with van der Waals surface area (Å²) >= 11 is 0. The van der Waals surface area contributed by atoms with Gasteiger partial charge in [-0.05, 0) is 55.3 Å². The van der Waals surface area contributed by atoms with Gasteiger partial charge in [0.05, 0.1) is 11.8 Å². The van der Waals surface area contributed by atoms with Gasteiger partial charge in [0.1, 0.15) is 18.1 Å². The molecule has 4 rings (SSSR count). The van der Waals surface area contributed by atoms with Gasteiger partial charge in [-0.25, -0.2) is 9.97 Å². The monoisotopic (exact) mass is 365 g/mol. The predicted octanol–water partition coefficient (Wildman–Crippen LogP) is 2.93. The number of benzene rings is 1. The van der Waals surface area contributed by atoms with Crippen molar-refractivity contribution in [3.63, 3.8) is 0 Å². The van der Waals surface area contributed by atoms with E-state index in [9.17, 15) is 4.79 Å². The molecule has 0 radical (unpaired) electrons. The summed E-state index contributed by atoms with van der Waals surface area (Å²) in [5.41, 5.74) is 2.36. The number of nitrogens with zero attached hydrogens (tertiary/aromatic N) is 3. The first-order valence-corrected chi connectivity index (χ1v) is 9.24. The second-order valence-corrected chi connectivity index (χ2v) is 6.99. The van der Waals surface area contributed by atoms with E-state index in [-0.39, 0.29) is 5.91 Å². The summed E-state index contributed by atoms with van der Waals surface area (Å²) in [6.07, 6.45) is 2.83. The Kier molecular flexibility index (Phi) is 5.02. The third kappa shape index (κ3) is 4.25. The van der Waals surface area contributed by atoms with Crippen molar-refractivity contribution in [2.45, 2.75) is 13.3 Å². The lowest BCUT2D eigenvalue weighted by molar-refractivity contribution is 0.102. The Bertz CT molecular complexity index is 922. The van der Waals surface area contributed by atoms with E-state index in [1.807, 2.05) is 24.3 Å². The van der Waals surface area contributed by atoms with Crippen LogP contribution in [0.25, 0.3) is 11.2 Å². The Hall–Kier alpha value is -2.93. The first kappa shape index (κ1) is 17.5. The summed E-state index contributed by atoms with van der Waals surface area (Å²) < 4.78 is 5.81. The van der Waals surface area contributed by atoms with E-state index in [0.717, 1.165) is 36.8 Å². The molecule has 0 aliphatic carbocycles. The minimum atomic E-state index is -0.267. The molecular formula is C20H23N5O2. The Morgan fingerprint density at radius 2 is 2.15 bits per heavy atom. The molecule has 1 saturated heterocycles. The zero-order chi connectivity index (χ0) is 18.6. The van der Waals surface area contributed by atoms with Crippen LogP contribution in [-0.2, 0) is 0 Å². The van der Waals surface area contributed by atoms with Gasteiger partial charge in [0, 0.05) is 18.8 Å². The van der Waals surface area contributed by atoms with Gasteiger partial charge >= 0.3 is 0 Å². The van der Waals surface area contributed by atoms with Crippen LogP contribution in [0.4, 0.5) is 5.69 Å². The van der Waals surface area contributed by atoms with Gasteiger partial charge < -0.3 is 15.0 Å². The largest absolute Gasteiger partial charge is 0.492 e. The molecule has 1 amide bonds. The number of ether oxygens (including phenoxy) is 1. The zero-order valence-corrected chi connectivity index (χ0v) is 15.3. The molecule has 1 atom stereocenters. The average Bonchev–Trinajstić information content (AvgIpc) is 3.31. The molecule has 7 heteroatoms. The maximum atomic E-state index is 12.4. The molecule has 1 aliphatic heterocycles. The second-order valence-electron chi connectivity index (χ2n) is 6.99. The van der Waals surface area contributed by atoms with Crippen molar-refractivity contribution in [1.29, 1.82) is 0 Å². The second kappa shape index (κ2) is 7.75. The zero-order valence-electron chi connectivity index (χ0n) is 15.3.